The largest absolute Gasteiger partial charge is 0.480 e. The van der Waals surface area contributed by atoms with E-state index >= 15 is 0 Å². The van der Waals surface area contributed by atoms with E-state index in [4.69, 9.17) is 0 Å². The van der Waals surface area contributed by atoms with Crippen molar-refractivity contribution in [2.24, 2.45) is 0 Å². The number of carboxylic acid groups (broad SMARTS) is 1. The van der Waals surface area contributed by atoms with E-state index in [1.165, 1.54) is 9.75 Å². The SMILES string of the molecule is Cc1ccc(CC(C)NC(=O)NC2(C(=O)O)CCCC2)s1. The van der Waals surface area contributed by atoms with Crippen LogP contribution in [-0.2, 0) is 11.2 Å². The Morgan fingerprint density at radius 2 is 2.05 bits per heavy atom. The normalized spacial score (nSPS) is 18.2. The second-order valence-electron chi connectivity index (χ2n) is 5.81. The van der Waals surface area contributed by atoms with Crippen LogP contribution in [0.15, 0.2) is 12.1 Å². The predicted molar refractivity (Wildman–Crippen MR) is 82.7 cm³/mol. The van der Waals surface area contributed by atoms with Gasteiger partial charge in [0.25, 0.3) is 0 Å². The number of thiophene rings is 1. The van der Waals surface area contributed by atoms with Crippen molar-refractivity contribution >= 4 is 23.3 Å². The molecule has 21 heavy (non-hydrogen) atoms. The van der Waals surface area contributed by atoms with Crippen molar-refractivity contribution in [3.05, 3.63) is 21.9 Å². The minimum Gasteiger partial charge on any atom is -0.480 e. The van der Waals surface area contributed by atoms with E-state index in [2.05, 4.69) is 29.7 Å². The van der Waals surface area contributed by atoms with Gasteiger partial charge >= 0.3 is 12.0 Å². The number of hydrogen-bond donors (Lipinski definition) is 3. The molecular weight excluding hydrogens is 288 g/mol. The van der Waals surface area contributed by atoms with Crippen molar-refractivity contribution in [2.75, 3.05) is 0 Å². The molecule has 2 rings (SSSR count). The molecule has 0 saturated heterocycles. The van der Waals surface area contributed by atoms with Crippen molar-refractivity contribution in [3.8, 4) is 0 Å². The summed E-state index contributed by atoms with van der Waals surface area (Å²) in [5.74, 6) is -0.934. The maximum atomic E-state index is 12.0. The van der Waals surface area contributed by atoms with Gasteiger partial charge in [-0.2, -0.15) is 0 Å². The Morgan fingerprint density at radius 3 is 2.57 bits per heavy atom. The summed E-state index contributed by atoms with van der Waals surface area (Å²) in [7, 11) is 0. The van der Waals surface area contributed by atoms with Crippen LogP contribution in [0.4, 0.5) is 4.79 Å². The first kappa shape index (κ1) is 15.8. The zero-order valence-corrected chi connectivity index (χ0v) is 13.3. The Morgan fingerprint density at radius 1 is 1.38 bits per heavy atom. The fraction of sp³-hybridized carbons (Fsp3) is 0.600. The number of hydrogen-bond acceptors (Lipinski definition) is 3. The van der Waals surface area contributed by atoms with E-state index in [1.54, 1.807) is 11.3 Å². The summed E-state index contributed by atoms with van der Waals surface area (Å²) in [4.78, 5) is 25.9. The third-order valence-corrected chi connectivity index (χ3v) is 4.92. The molecule has 0 radical (unpaired) electrons. The van der Waals surface area contributed by atoms with Crippen LogP contribution in [0, 0.1) is 6.92 Å². The van der Waals surface area contributed by atoms with Gasteiger partial charge in [-0.05, 0) is 38.8 Å². The standard InChI is InChI=1S/C15H22N2O3S/c1-10(9-12-6-5-11(2)21-12)16-14(20)17-15(13(18)19)7-3-4-8-15/h5-6,10H,3-4,7-9H2,1-2H3,(H,18,19)(H2,16,17,20). The molecule has 1 fully saturated rings. The number of amides is 2. The van der Waals surface area contributed by atoms with Crippen LogP contribution in [0.3, 0.4) is 0 Å². The van der Waals surface area contributed by atoms with Crippen molar-refractivity contribution in [1.82, 2.24) is 10.6 Å². The maximum Gasteiger partial charge on any atom is 0.329 e. The highest BCUT2D eigenvalue weighted by Gasteiger charge is 2.42. The number of carboxylic acids is 1. The summed E-state index contributed by atoms with van der Waals surface area (Å²) in [6, 6.07) is 3.70. The van der Waals surface area contributed by atoms with Gasteiger partial charge in [0, 0.05) is 22.2 Å². The van der Waals surface area contributed by atoms with Gasteiger partial charge in [0.1, 0.15) is 5.54 Å². The summed E-state index contributed by atoms with van der Waals surface area (Å²) in [5, 5.41) is 14.8. The molecule has 1 aliphatic carbocycles. The fourth-order valence-electron chi connectivity index (χ4n) is 2.80. The van der Waals surface area contributed by atoms with Gasteiger partial charge in [0.2, 0.25) is 0 Å². The summed E-state index contributed by atoms with van der Waals surface area (Å²) in [5.41, 5.74) is -1.08. The Labute approximate surface area is 128 Å². The van der Waals surface area contributed by atoms with Crippen LogP contribution < -0.4 is 10.6 Å². The molecule has 0 spiro atoms. The highest BCUT2D eigenvalue weighted by atomic mass is 32.1. The molecule has 1 heterocycles. The summed E-state index contributed by atoms with van der Waals surface area (Å²) in [6.07, 6.45) is 3.46. The minimum absolute atomic E-state index is 0.0321. The molecule has 1 unspecified atom stereocenters. The molecule has 5 nitrogen and oxygen atoms in total. The Hall–Kier alpha value is -1.56. The number of rotatable bonds is 5. The van der Waals surface area contributed by atoms with Crippen LogP contribution in [0.25, 0.3) is 0 Å². The van der Waals surface area contributed by atoms with Gasteiger partial charge in [0.05, 0.1) is 0 Å². The average Bonchev–Trinajstić information content (AvgIpc) is 2.99. The van der Waals surface area contributed by atoms with Crippen LogP contribution in [0.1, 0.15) is 42.4 Å². The van der Waals surface area contributed by atoms with Crippen molar-refractivity contribution in [1.29, 1.82) is 0 Å². The summed E-state index contributed by atoms with van der Waals surface area (Å²) < 4.78 is 0. The van der Waals surface area contributed by atoms with E-state index in [9.17, 15) is 14.7 Å². The van der Waals surface area contributed by atoms with E-state index in [0.29, 0.717) is 12.8 Å². The average molecular weight is 310 g/mol. The third kappa shape index (κ3) is 3.97. The number of aryl methyl sites for hydroxylation is 1. The summed E-state index contributed by atoms with van der Waals surface area (Å²) >= 11 is 1.71. The van der Waals surface area contributed by atoms with Crippen molar-refractivity contribution in [3.63, 3.8) is 0 Å². The molecule has 1 aromatic heterocycles. The van der Waals surface area contributed by atoms with Gasteiger partial charge in [-0.3, -0.25) is 0 Å². The molecule has 1 aromatic rings. The Bertz CT molecular complexity index is 521. The number of urea groups is 1. The van der Waals surface area contributed by atoms with Gasteiger partial charge < -0.3 is 15.7 Å². The van der Waals surface area contributed by atoms with Gasteiger partial charge in [-0.1, -0.05) is 12.8 Å². The maximum absolute atomic E-state index is 12.0. The van der Waals surface area contributed by atoms with Crippen LogP contribution in [0.5, 0.6) is 0 Å². The van der Waals surface area contributed by atoms with Crippen molar-refractivity contribution in [2.45, 2.75) is 57.5 Å². The van der Waals surface area contributed by atoms with Crippen LogP contribution in [-0.4, -0.2) is 28.7 Å². The highest BCUT2D eigenvalue weighted by molar-refractivity contribution is 7.11. The first-order valence-corrected chi connectivity index (χ1v) is 8.10. The zero-order chi connectivity index (χ0) is 15.5. The molecule has 6 heteroatoms. The topological polar surface area (TPSA) is 78.4 Å². The van der Waals surface area contributed by atoms with Gasteiger partial charge in [-0.25, -0.2) is 9.59 Å². The smallest absolute Gasteiger partial charge is 0.329 e. The first-order valence-electron chi connectivity index (χ1n) is 7.29. The van der Waals surface area contributed by atoms with E-state index in [0.717, 1.165) is 19.3 Å². The molecule has 1 aliphatic rings. The number of aliphatic carboxylic acids is 1. The quantitative estimate of drug-likeness (QED) is 0.782. The second-order valence-corrected chi connectivity index (χ2v) is 7.18. The van der Waals surface area contributed by atoms with Crippen molar-refractivity contribution < 1.29 is 14.7 Å². The lowest BCUT2D eigenvalue weighted by molar-refractivity contribution is -0.144. The van der Waals surface area contributed by atoms with E-state index < -0.39 is 11.5 Å². The molecule has 0 aromatic carbocycles. The molecular formula is C15H22N2O3S. The number of nitrogens with one attached hydrogen (secondary N) is 2. The van der Waals surface area contributed by atoms with Crippen LogP contribution >= 0.6 is 11.3 Å². The molecule has 0 aliphatic heterocycles. The Kier molecular flexibility index (Phi) is 4.88. The molecule has 2 amide bonds. The van der Waals surface area contributed by atoms with Gasteiger partial charge in [0.15, 0.2) is 0 Å². The molecule has 1 atom stereocenters. The molecule has 1 saturated carbocycles. The second kappa shape index (κ2) is 6.47. The molecule has 116 valence electrons. The van der Waals surface area contributed by atoms with Gasteiger partial charge in [-0.15, -0.1) is 11.3 Å². The lowest BCUT2D eigenvalue weighted by atomic mass is 9.98. The van der Waals surface area contributed by atoms with E-state index in [1.807, 2.05) is 6.92 Å². The lowest BCUT2D eigenvalue weighted by Crippen LogP contribution is -2.56. The summed E-state index contributed by atoms with van der Waals surface area (Å²) in [6.45, 7) is 3.98. The van der Waals surface area contributed by atoms with Crippen LogP contribution in [0.2, 0.25) is 0 Å². The molecule has 0 bridgehead atoms. The third-order valence-electron chi connectivity index (χ3n) is 3.90. The zero-order valence-electron chi connectivity index (χ0n) is 12.4. The minimum atomic E-state index is -1.08. The highest BCUT2D eigenvalue weighted by Crippen LogP contribution is 2.29. The lowest BCUT2D eigenvalue weighted by Gasteiger charge is -2.26. The Balaban J connectivity index is 1.87. The van der Waals surface area contributed by atoms with E-state index in [-0.39, 0.29) is 12.1 Å². The first-order chi connectivity index (χ1) is 9.91. The number of carbonyl (C=O) groups is 2. The molecule has 3 N–H and O–H groups in total. The predicted octanol–water partition coefficient (Wildman–Crippen LogP) is 2.68. The monoisotopic (exact) mass is 310 g/mol. The fourth-order valence-corrected chi connectivity index (χ4v) is 3.81. The number of carbonyl (C=O) groups excluding carboxylic acids is 1.